The maximum Gasteiger partial charge on any atom is 0.337 e. The normalized spacial score (nSPS) is 10.6. The van der Waals surface area contributed by atoms with Crippen LogP contribution in [0.25, 0.3) is 11.1 Å². The summed E-state index contributed by atoms with van der Waals surface area (Å²) in [6, 6.07) is 6.32. The fourth-order valence-electron chi connectivity index (χ4n) is 2.43. The summed E-state index contributed by atoms with van der Waals surface area (Å²) in [5.74, 6) is -2.60. The monoisotopic (exact) mass is 353 g/mol. The number of halogens is 2. The third-order valence-corrected chi connectivity index (χ3v) is 4.17. The van der Waals surface area contributed by atoms with E-state index in [4.69, 9.17) is 28.9 Å². The van der Waals surface area contributed by atoms with Crippen LogP contribution in [0.15, 0.2) is 24.3 Å². The lowest BCUT2D eigenvalue weighted by molar-refractivity contribution is 0.0695. The van der Waals surface area contributed by atoms with Gasteiger partial charge < -0.3 is 15.9 Å². The average Bonchev–Trinajstić information content (AvgIpc) is 2.47. The Labute approximate surface area is 142 Å². The van der Waals surface area contributed by atoms with Gasteiger partial charge in [-0.3, -0.25) is 0 Å². The zero-order valence-corrected chi connectivity index (χ0v) is 13.6. The van der Waals surface area contributed by atoms with Gasteiger partial charge in [0.05, 0.1) is 16.1 Å². The number of carboxylic acid groups (broad SMARTS) is 2. The number of nitrogens with two attached hydrogens (primary N) is 1. The molecule has 4 N–H and O–H groups in total. The highest BCUT2D eigenvalue weighted by atomic mass is 35.5. The predicted octanol–water partition coefficient (Wildman–Crippen LogP) is 3.82. The molecule has 2 aromatic rings. The largest absolute Gasteiger partial charge is 0.478 e. The van der Waals surface area contributed by atoms with E-state index in [0.717, 1.165) is 0 Å². The Morgan fingerprint density at radius 1 is 1.09 bits per heavy atom. The number of carboxylic acids is 2. The van der Waals surface area contributed by atoms with Gasteiger partial charge in [0.2, 0.25) is 0 Å². The molecule has 0 atom stereocenters. The molecule has 0 unspecified atom stereocenters. The van der Waals surface area contributed by atoms with Crippen LogP contribution >= 0.6 is 23.2 Å². The summed E-state index contributed by atoms with van der Waals surface area (Å²) in [5, 5.41) is 18.8. The molecule has 0 spiro atoms. The Bertz CT molecular complexity index is 818. The van der Waals surface area contributed by atoms with E-state index in [1.807, 2.05) is 0 Å². The number of benzene rings is 2. The van der Waals surface area contributed by atoms with Crippen molar-refractivity contribution >= 4 is 35.1 Å². The molecule has 0 saturated carbocycles. The fraction of sp³-hybridized carbons (Fsp3) is 0.125. The zero-order chi connectivity index (χ0) is 17.3. The molecule has 120 valence electrons. The van der Waals surface area contributed by atoms with Crippen molar-refractivity contribution in [2.24, 2.45) is 5.73 Å². The molecule has 7 heteroatoms. The first-order valence-corrected chi connectivity index (χ1v) is 7.32. The quantitative estimate of drug-likeness (QED) is 0.775. The first-order chi connectivity index (χ1) is 10.8. The topological polar surface area (TPSA) is 101 Å². The molecule has 0 heterocycles. The molecule has 0 fully saturated rings. The van der Waals surface area contributed by atoms with Crippen LogP contribution in [0.5, 0.6) is 0 Å². The van der Waals surface area contributed by atoms with Gasteiger partial charge in [0.25, 0.3) is 0 Å². The molecular formula is C16H13Cl2NO4. The summed E-state index contributed by atoms with van der Waals surface area (Å²) < 4.78 is 0. The lowest BCUT2D eigenvalue weighted by Crippen LogP contribution is -2.09. The van der Waals surface area contributed by atoms with Crippen molar-refractivity contribution in [3.63, 3.8) is 0 Å². The Morgan fingerprint density at radius 2 is 1.74 bits per heavy atom. The summed E-state index contributed by atoms with van der Waals surface area (Å²) >= 11 is 11.9. The van der Waals surface area contributed by atoms with Gasteiger partial charge in [-0.05, 0) is 47.4 Å². The van der Waals surface area contributed by atoms with Crippen LogP contribution in [0.4, 0.5) is 0 Å². The highest BCUT2D eigenvalue weighted by Gasteiger charge is 2.23. The number of hydrogen-bond acceptors (Lipinski definition) is 3. The fourth-order valence-corrected chi connectivity index (χ4v) is 2.99. The molecule has 0 bridgehead atoms. The highest BCUT2D eigenvalue weighted by Crippen LogP contribution is 2.36. The Hall–Kier alpha value is -2.08. The van der Waals surface area contributed by atoms with Crippen molar-refractivity contribution in [2.75, 3.05) is 0 Å². The lowest BCUT2D eigenvalue weighted by Gasteiger charge is -2.16. The Balaban J connectivity index is 2.88. The van der Waals surface area contributed by atoms with Gasteiger partial charge >= 0.3 is 11.9 Å². The average molecular weight is 354 g/mol. The molecule has 0 amide bonds. The van der Waals surface area contributed by atoms with Gasteiger partial charge in [-0.2, -0.15) is 0 Å². The van der Waals surface area contributed by atoms with E-state index in [2.05, 4.69) is 0 Å². The number of carbonyl (C=O) groups is 2. The number of hydrogen-bond donors (Lipinski definition) is 3. The van der Waals surface area contributed by atoms with Gasteiger partial charge in [0.1, 0.15) is 0 Å². The van der Waals surface area contributed by atoms with Crippen molar-refractivity contribution in [1.82, 2.24) is 0 Å². The molecule has 2 rings (SSSR count). The molecule has 0 aromatic heterocycles. The summed E-state index contributed by atoms with van der Waals surface area (Å²) in [6.45, 7) is 1.74. The summed E-state index contributed by atoms with van der Waals surface area (Å²) in [6.07, 6.45) is 0. The number of rotatable bonds is 4. The molecule has 2 aromatic carbocycles. The SMILES string of the molecule is Cc1c(-c2ccc(Cl)cc2CN)cc(C(=O)O)c(Cl)c1C(=O)O. The minimum absolute atomic E-state index is 0.169. The molecule has 0 radical (unpaired) electrons. The van der Waals surface area contributed by atoms with Crippen LogP contribution in [0.1, 0.15) is 31.8 Å². The molecule has 0 aliphatic heterocycles. The van der Waals surface area contributed by atoms with E-state index in [1.165, 1.54) is 6.07 Å². The Kier molecular flexibility index (Phi) is 4.94. The smallest absolute Gasteiger partial charge is 0.337 e. The zero-order valence-electron chi connectivity index (χ0n) is 12.1. The van der Waals surface area contributed by atoms with Gasteiger partial charge in [-0.25, -0.2) is 9.59 Å². The van der Waals surface area contributed by atoms with Crippen molar-refractivity contribution in [1.29, 1.82) is 0 Å². The standard InChI is InChI=1S/C16H13Cl2NO4/c1-7-11(10-3-2-9(17)4-8(10)6-19)5-12(15(20)21)14(18)13(7)16(22)23/h2-5H,6,19H2,1H3,(H,20,21)(H,22,23). The maximum atomic E-state index is 11.5. The summed E-state index contributed by atoms with van der Waals surface area (Å²) in [7, 11) is 0. The second kappa shape index (κ2) is 6.58. The minimum atomic E-state index is -1.30. The van der Waals surface area contributed by atoms with Crippen LogP contribution in [0.3, 0.4) is 0 Å². The molecule has 0 saturated heterocycles. The molecule has 5 nitrogen and oxygen atoms in total. The molecular weight excluding hydrogens is 341 g/mol. The highest BCUT2D eigenvalue weighted by molar-refractivity contribution is 6.36. The van der Waals surface area contributed by atoms with E-state index < -0.39 is 11.9 Å². The van der Waals surface area contributed by atoms with E-state index in [0.29, 0.717) is 27.3 Å². The van der Waals surface area contributed by atoms with E-state index in [9.17, 15) is 19.8 Å². The van der Waals surface area contributed by atoms with E-state index in [1.54, 1.807) is 25.1 Å². The first kappa shape index (κ1) is 17.3. The second-order valence-corrected chi connectivity index (χ2v) is 5.72. The van der Waals surface area contributed by atoms with E-state index in [-0.39, 0.29) is 22.7 Å². The summed E-state index contributed by atoms with van der Waals surface area (Å²) in [5.41, 5.74) is 7.31. The number of aromatic carboxylic acids is 2. The third-order valence-electron chi connectivity index (χ3n) is 3.55. The van der Waals surface area contributed by atoms with Gasteiger partial charge in [-0.15, -0.1) is 0 Å². The first-order valence-electron chi connectivity index (χ1n) is 6.56. The minimum Gasteiger partial charge on any atom is -0.478 e. The van der Waals surface area contributed by atoms with Crippen LogP contribution in [0, 0.1) is 6.92 Å². The van der Waals surface area contributed by atoms with Crippen molar-refractivity contribution < 1.29 is 19.8 Å². The van der Waals surface area contributed by atoms with Crippen molar-refractivity contribution in [2.45, 2.75) is 13.5 Å². The van der Waals surface area contributed by atoms with Crippen LogP contribution in [0.2, 0.25) is 10.0 Å². The molecule has 23 heavy (non-hydrogen) atoms. The van der Waals surface area contributed by atoms with Gasteiger partial charge in [0.15, 0.2) is 0 Å². The Morgan fingerprint density at radius 3 is 2.26 bits per heavy atom. The predicted molar refractivity (Wildman–Crippen MR) is 88.4 cm³/mol. The summed E-state index contributed by atoms with van der Waals surface area (Å²) in [4.78, 5) is 22.9. The third kappa shape index (κ3) is 3.17. The van der Waals surface area contributed by atoms with Crippen molar-refractivity contribution in [3.05, 3.63) is 56.6 Å². The molecule has 0 aliphatic rings. The van der Waals surface area contributed by atoms with E-state index >= 15 is 0 Å². The second-order valence-electron chi connectivity index (χ2n) is 4.90. The molecule has 0 aliphatic carbocycles. The van der Waals surface area contributed by atoms with Crippen molar-refractivity contribution in [3.8, 4) is 11.1 Å². The van der Waals surface area contributed by atoms with Crippen LogP contribution in [-0.4, -0.2) is 22.2 Å². The van der Waals surface area contributed by atoms with Gasteiger partial charge in [-0.1, -0.05) is 29.3 Å². The van der Waals surface area contributed by atoms with Gasteiger partial charge in [0, 0.05) is 11.6 Å². The lowest BCUT2D eigenvalue weighted by atomic mass is 9.91. The maximum absolute atomic E-state index is 11.5. The van der Waals surface area contributed by atoms with Crippen LogP contribution in [-0.2, 0) is 6.54 Å². The van der Waals surface area contributed by atoms with Crippen LogP contribution < -0.4 is 5.73 Å².